The summed E-state index contributed by atoms with van der Waals surface area (Å²) in [7, 11) is 0. The Morgan fingerprint density at radius 2 is 1.79 bits per heavy atom. The third kappa shape index (κ3) is 1.96. The van der Waals surface area contributed by atoms with Crippen molar-refractivity contribution in [1.29, 1.82) is 5.26 Å². The molecule has 4 saturated carbocycles. The summed E-state index contributed by atoms with van der Waals surface area (Å²) in [6.45, 7) is 0. The molecule has 4 nitrogen and oxygen atoms in total. The lowest BCUT2D eigenvalue weighted by Gasteiger charge is -2.56. The van der Waals surface area contributed by atoms with Gasteiger partial charge in [-0.05, 0) is 61.7 Å². The van der Waals surface area contributed by atoms with Gasteiger partial charge in [0.25, 0.3) is 0 Å². The number of rotatable bonds is 3. The fraction of sp³-hybridized carbons (Fsp3) is 0.800. The van der Waals surface area contributed by atoms with Crippen LogP contribution in [-0.2, 0) is 12.8 Å². The molecule has 0 aromatic carbocycles. The van der Waals surface area contributed by atoms with E-state index in [9.17, 15) is 0 Å². The van der Waals surface area contributed by atoms with Crippen LogP contribution < -0.4 is 0 Å². The SMILES string of the molecule is N#CCc1noc(CC23CC4CC(CC(C4)C2)C3)n1. The first-order valence-electron chi connectivity index (χ1n) is 7.43. The van der Waals surface area contributed by atoms with E-state index in [2.05, 4.69) is 16.2 Å². The fourth-order valence-corrected chi connectivity index (χ4v) is 5.33. The van der Waals surface area contributed by atoms with Crippen LogP contribution >= 0.6 is 0 Å². The Bertz CT molecular complexity index is 492. The molecule has 0 saturated heterocycles. The third-order valence-corrected chi connectivity index (χ3v) is 5.44. The van der Waals surface area contributed by atoms with Gasteiger partial charge in [0.15, 0.2) is 5.82 Å². The molecule has 4 heteroatoms. The molecule has 0 amide bonds. The van der Waals surface area contributed by atoms with E-state index in [1.165, 1.54) is 38.5 Å². The molecule has 0 N–H and O–H groups in total. The molecule has 1 aromatic heterocycles. The minimum atomic E-state index is 0.254. The lowest BCUT2D eigenvalue weighted by molar-refractivity contribution is -0.0556. The lowest BCUT2D eigenvalue weighted by Crippen LogP contribution is -2.47. The van der Waals surface area contributed by atoms with Gasteiger partial charge in [0.05, 0.1) is 12.5 Å². The zero-order chi connectivity index (χ0) is 12.9. The van der Waals surface area contributed by atoms with Gasteiger partial charge in [0.1, 0.15) is 0 Å². The Morgan fingerprint density at radius 1 is 1.16 bits per heavy atom. The number of nitriles is 1. The molecule has 0 spiro atoms. The summed E-state index contributed by atoms with van der Waals surface area (Å²) in [4.78, 5) is 4.38. The van der Waals surface area contributed by atoms with Crippen LogP contribution in [0.4, 0.5) is 0 Å². The van der Waals surface area contributed by atoms with E-state index < -0.39 is 0 Å². The number of nitrogens with zero attached hydrogens (tertiary/aromatic N) is 3. The van der Waals surface area contributed by atoms with Gasteiger partial charge in [0.2, 0.25) is 5.89 Å². The second-order valence-corrected chi connectivity index (χ2v) is 7.03. The molecule has 0 aliphatic heterocycles. The fourth-order valence-electron chi connectivity index (χ4n) is 5.33. The van der Waals surface area contributed by atoms with Crippen molar-refractivity contribution in [3.63, 3.8) is 0 Å². The monoisotopic (exact) mass is 257 g/mol. The first kappa shape index (κ1) is 11.5. The summed E-state index contributed by atoms with van der Waals surface area (Å²) in [6.07, 6.45) is 9.65. The summed E-state index contributed by atoms with van der Waals surface area (Å²) < 4.78 is 5.34. The highest BCUT2D eigenvalue weighted by Gasteiger charge is 2.51. The number of hydrogen-bond donors (Lipinski definition) is 0. The molecule has 4 fully saturated rings. The highest BCUT2D eigenvalue weighted by molar-refractivity contribution is 5.05. The Labute approximate surface area is 113 Å². The smallest absolute Gasteiger partial charge is 0.227 e. The molecule has 1 heterocycles. The van der Waals surface area contributed by atoms with E-state index >= 15 is 0 Å². The van der Waals surface area contributed by atoms with Crippen LogP contribution in [0, 0.1) is 34.5 Å². The quantitative estimate of drug-likeness (QED) is 0.835. The van der Waals surface area contributed by atoms with Crippen molar-refractivity contribution in [3.8, 4) is 6.07 Å². The van der Waals surface area contributed by atoms with Crippen molar-refractivity contribution >= 4 is 0 Å². The van der Waals surface area contributed by atoms with Gasteiger partial charge in [-0.3, -0.25) is 0 Å². The summed E-state index contributed by atoms with van der Waals surface area (Å²) >= 11 is 0. The minimum Gasteiger partial charge on any atom is -0.339 e. The Morgan fingerprint density at radius 3 is 2.37 bits per heavy atom. The molecule has 0 unspecified atom stereocenters. The van der Waals surface area contributed by atoms with Crippen molar-refractivity contribution in [2.75, 3.05) is 0 Å². The van der Waals surface area contributed by atoms with E-state index in [4.69, 9.17) is 9.78 Å². The molecule has 19 heavy (non-hydrogen) atoms. The molecular formula is C15H19N3O. The van der Waals surface area contributed by atoms with E-state index in [0.29, 0.717) is 11.2 Å². The molecule has 5 rings (SSSR count). The van der Waals surface area contributed by atoms with Crippen LogP contribution in [0.2, 0.25) is 0 Å². The maximum atomic E-state index is 8.66. The van der Waals surface area contributed by atoms with Crippen LogP contribution in [0.15, 0.2) is 4.52 Å². The molecule has 1 aromatic rings. The van der Waals surface area contributed by atoms with Crippen molar-refractivity contribution in [2.45, 2.75) is 51.4 Å². The largest absolute Gasteiger partial charge is 0.339 e. The van der Waals surface area contributed by atoms with Gasteiger partial charge < -0.3 is 4.52 Å². The number of hydrogen-bond acceptors (Lipinski definition) is 4. The average molecular weight is 257 g/mol. The molecule has 0 radical (unpaired) electrons. The van der Waals surface area contributed by atoms with Gasteiger partial charge in [-0.2, -0.15) is 10.2 Å². The van der Waals surface area contributed by atoms with E-state index in [1.54, 1.807) is 0 Å². The van der Waals surface area contributed by atoms with E-state index in [-0.39, 0.29) is 6.42 Å². The predicted octanol–water partition coefficient (Wildman–Crippen LogP) is 2.89. The highest BCUT2D eigenvalue weighted by Crippen LogP contribution is 2.60. The molecule has 100 valence electrons. The van der Waals surface area contributed by atoms with Crippen LogP contribution in [0.3, 0.4) is 0 Å². The maximum Gasteiger partial charge on any atom is 0.227 e. The van der Waals surface area contributed by atoms with E-state index in [0.717, 1.165) is 30.1 Å². The first-order chi connectivity index (χ1) is 9.25. The molecule has 4 aliphatic carbocycles. The normalized spacial score (nSPS) is 39.4. The Balaban J connectivity index is 1.54. The zero-order valence-corrected chi connectivity index (χ0v) is 11.1. The van der Waals surface area contributed by atoms with Crippen LogP contribution in [0.5, 0.6) is 0 Å². The summed E-state index contributed by atoms with van der Waals surface area (Å²) in [5.41, 5.74) is 0.436. The van der Waals surface area contributed by atoms with Gasteiger partial charge >= 0.3 is 0 Å². The second-order valence-electron chi connectivity index (χ2n) is 7.03. The van der Waals surface area contributed by atoms with Crippen molar-refractivity contribution in [3.05, 3.63) is 11.7 Å². The molecular weight excluding hydrogens is 238 g/mol. The molecule has 0 atom stereocenters. The molecule has 4 bridgehead atoms. The van der Waals surface area contributed by atoms with Crippen LogP contribution in [-0.4, -0.2) is 10.1 Å². The van der Waals surface area contributed by atoms with Gasteiger partial charge in [-0.25, -0.2) is 0 Å². The Kier molecular flexibility index (Phi) is 2.45. The highest BCUT2D eigenvalue weighted by atomic mass is 16.5. The first-order valence-corrected chi connectivity index (χ1v) is 7.43. The van der Waals surface area contributed by atoms with Crippen molar-refractivity contribution < 1.29 is 4.52 Å². The summed E-state index contributed by atoms with van der Waals surface area (Å²) in [5, 5.41) is 12.6. The predicted molar refractivity (Wildman–Crippen MR) is 67.9 cm³/mol. The standard InChI is InChI=1S/C15H19N3O/c16-2-1-13-17-14(19-18-13)9-15-6-10-3-11(7-15)5-12(4-10)8-15/h10-12H,1,3-9H2. The minimum absolute atomic E-state index is 0.254. The summed E-state index contributed by atoms with van der Waals surface area (Å²) in [6, 6.07) is 2.07. The van der Waals surface area contributed by atoms with Gasteiger partial charge in [-0.15, -0.1) is 0 Å². The maximum absolute atomic E-state index is 8.66. The van der Waals surface area contributed by atoms with Gasteiger partial charge in [-0.1, -0.05) is 5.16 Å². The zero-order valence-electron chi connectivity index (χ0n) is 11.1. The lowest BCUT2D eigenvalue weighted by atomic mass is 9.49. The Hall–Kier alpha value is -1.37. The average Bonchev–Trinajstić information content (AvgIpc) is 2.74. The number of aromatic nitrogens is 2. The van der Waals surface area contributed by atoms with Crippen molar-refractivity contribution in [1.82, 2.24) is 10.1 Å². The molecule has 4 aliphatic rings. The summed E-state index contributed by atoms with van der Waals surface area (Å²) in [5.74, 6) is 4.16. The van der Waals surface area contributed by atoms with Crippen LogP contribution in [0.1, 0.15) is 50.2 Å². The topological polar surface area (TPSA) is 62.7 Å². The van der Waals surface area contributed by atoms with Crippen molar-refractivity contribution in [2.24, 2.45) is 23.2 Å². The van der Waals surface area contributed by atoms with E-state index in [1.807, 2.05) is 0 Å². The third-order valence-electron chi connectivity index (χ3n) is 5.44. The van der Waals surface area contributed by atoms with Crippen LogP contribution in [0.25, 0.3) is 0 Å². The second kappa shape index (κ2) is 4.06. The van der Waals surface area contributed by atoms with Gasteiger partial charge in [0, 0.05) is 6.42 Å².